The third-order valence-electron chi connectivity index (χ3n) is 3.00. The van der Waals surface area contributed by atoms with Crippen LogP contribution in [-0.4, -0.2) is 28.6 Å². The normalized spacial score (nSPS) is 14.2. The number of hydrogen-bond acceptors (Lipinski definition) is 4. The quantitative estimate of drug-likeness (QED) is 0.641. The Morgan fingerprint density at radius 3 is 2.74 bits per heavy atom. The molecule has 1 aliphatic carbocycles. The Balaban J connectivity index is 2.32. The highest BCUT2D eigenvalue weighted by Gasteiger charge is 2.33. The molecule has 0 atom stereocenters. The van der Waals surface area contributed by atoms with Crippen molar-refractivity contribution < 1.29 is 14.8 Å². The number of halogens is 1. The van der Waals surface area contributed by atoms with E-state index in [9.17, 15) is 14.9 Å². The number of nitro benzene ring substituents is 1. The van der Waals surface area contributed by atoms with E-state index in [4.69, 9.17) is 5.11 Å². The monoisotopic (exact) mass is 328 g/mol. The van der Waals surface area contributed by atoms with Crippen LogP contribution in [0, 0.1) is 10.1 Å². The molecule has 0 radical (unpaired) electrons. The second kappa shape index (κ2) is 5.56. The lowest BCUT2D eigenvalue weighted by Crippen LogP contribution is -2.29. The van der Waals surface area contributed by atoms with E-state index in [-0.39, 0.29) is 24.7 Å². The van der Waals surface area contributed by atoms with Gasteiger partial charge in [-0.1, -0.05) is 15.9 Å². The van der Waals surface area contributed by atoms with Crippen molar-refractivity contribution in [2.45, 2.75) is 25.3 Å². The first-order valence-electron chi connectivity index (χ1n) is 5.91. The van der Waals surface area contributed by atoms with Crippen molar-refractivity contribution >= 4 is 33.3 Å². The van der Waals surface area contributed by atoms with Crippen LogP contribution in [0.15, 0.2) is 22.7 Å². The van der Waals surface area contributed by atoms with Crippen LogP contribution in [0.4, 0.5) is 11.4 Å². The van der Waals surface area contributed by atoms with Crippen molar-refractivity contribution in [2.75, 3.05) is 11.4 Å². The minimum Gasteiger partial charge on any atom is -0.481 e. The second-order valence-electron chi connectivity index (χ2n) is 4.46. The van der Waals surface area contributed by atoms with Crippen LogP contribution in [0.25, 0.3) is 0 Å². The van der Waals surface area contributed by atoms with E-state index >= 15 is 0 Å². The van der Waals surface area contributed by atoms with Crippen LogP contribution in [0.5, 0.6) is 0 Å². The Kier molecular flexibility index (Phi) is 4.04. The summed E-state index contributed by atoms with van der Waals surface area (Å²) < 4.78 is 0.745. The summed E-state index contributed by atoms with van der Waals surface area (Å²) in [6.45, 7) is 0.289. The molecule has 19 heavy (non-hydrogen) atoms. The number of hydrogen-bond donors (Lipinski definition) is 1. The summed E-state index contributed by atoms with van der Waals surface area (Å²) in [7, 11) is 0. The number of rotatable bonds is 6. The van der Waals surface area contributed by atoms with E-state index in [1.165, 1.54) is 6.07 Å². The Hall–Kier alpha value is -1.63. The lowest BCUT2D eigenvalue weighted by molar-refractivity contribution is -0.384. The van der Waals surface area contributed by atoms with Gasteiger partial charge in [0.2, 0.25) is 0 Å². The first kappa shape index (κ1) is 13.8. The van der Waals surface area contributed by atoms with Crippen molar-refractivity contribution in [3.05, 3.63) is 32.8 Å². The standard InChI is InChI=1S/C12H13BrN2O4/c13-8-1-4-10(15(18)19)11(7-8)14(9-2-3-9)6-5-12(16)17/h1,4,7,9H,2-3,5-6H2,(H,16,17). The van der Waals surface area contributed by atoms with Gasteiger partial charge in [0.15, 0.2) is 0 Å². The fourth-order valence-corrected chi connectivity index (χ4v) is 2.33. The number of benzene rings is 1. The van der Waals surface area contributed by atoms with Gasteiger partial charge in [-0.25, -0.2) is 0 Å². The van der Waals surface area contributed by atoms with E-state index in [0.29, 0.717) is 5.69 Å². The lowest BCUT2D eigenvalue weighted by Gasteiger charge is -2.23. The number of carboxylic acids is 1. The first-order chi connectivity index (χ1) is 8.99. The molecule has 1 saturated carbocycles. The van der Waals surface area contributed by atoms with E-state index in [1.807, 2.05) is 4.90 Å². The lowest BCUT2D eigenvalue weighted by atomic mass is 10.2. The molecule has 1 aromatic carbocycles. The molecule has 102 valence electrons. The number of carbonyl (C=O) groups is 1. The fourth-order valence-electron chi connectivity index (χ4n) is 1.98. The van der Waals surface area contributed by atoms with Crippen LogP contribution in [0.3, 0.4) is 0 Å². The predicted octanol–water partition coefficient (Wildman–Crippen LogP) is 2.80. The molecular formula is C12H13BrN2O4. The Morgan fingerprint density at radius 2 is 2.21 bits per heavy atom. The zero-order valence-corrected chi connectivity index (χ0v) is 11.7. The molecule has 0 saturated heterocycles. The van der Waals surface area contributed by atoms with Gasteiger partial charge in [-0.3, -0.25) is 14.9 Å². The van der Waals surface area contributed by atoms with Gasteiger partial charge in [-0.15, -0.1) is 0 Å². The van der Waals surface area contributed by atoms with Gasteiger partial charge >= 0.3 is 5.97 Å². The maximum atomic E-state index is 11.1. The second-order valence-corrected chi connectivity index (χ2v) is 5.37. The highest BCUT2D eigenvalue weighted by atomic mass is 79.9. The van der Waals surface area contributed by atoms with Crippen molar-refractivity contribution in [2.24, 2.45) is 0 Å². The molecule has 0 spiro atoms. The Bertz CT molecular complexity index is 516. The molecule has 0 aromatic heterocycles. The molecule has 0 unspecified atom stereocenters. The number of nitrogens with zero attached hydrogens (tertiary/aromatic N) is 2. The minimum atomic E-state index is -0.900. The molecule has 6 nitrogen and oxygen atoms in total. The highest BCUT2D eigenvalue weighted by Crippen LogP contribution is 2.38. The molecule has 0 heterocycles. The summed E-state index contributed by atoms with van der Waals surface area (Å²) in [6.07, 6.45) is 1.87. The number of aliphatic carboxylic acids is 1. The molecule has 0 amide bonds. The molecule has 1 aliphatic rings. The van der Waals surface area contributed by atoms with Crippen LogP contribution in [-0.2, 0) is 4.79 Å². The maximum absolute atomic E-state index is 11.1. The van der Waals surface area contributed by atoms with Crippen LogP contribution >= 0.6 is 15.9 Å². The first-order valence-corrected chi connectivity index (χ1v) is 6.70. The van der Waals surface area contributed by atoms with E-state index in [0.717, 1.165) is 17.3 Å². The number of nitro groups is 1. The van der Waals surface area contributed by atoms with Crippen molar-refractivity contribution in [3.8, 4) is 0 Å². The molecule has 1 fully saturated rings. The zero-order valence-electron chi connectivity index (χ0n) is 10.1. The summed E-state index contributed by atoms with van der Waals surface area (Å²) in [5.41, 5.74) is 0.503. The van der Waals surface area contributed by atoms with Crippen molar-refractivity contribution in [3.63, 3.8) is 0 Å². The SMILES string of the molecule is O=C(O)CCN(c1cc(Br)ccc1[N+](=O)[O-])C1CC1. The van der Waals surface area contributed by atoms with Gasteiger partial charge in [0.05, 0.1) is 11.3 Å². The van der Waals surface area contributed by atoms with Crippen LogP contribution in [0.2, 0.25) is 0 Å². The Morgan fingerprint density at radius 1 is 1.53 bits per heavy atom. The summed E-state index contributed by atoms with van der Waals surface area (Å²) in [6, 6.07) is 4.95. The molecular weight excluding hydrogens is 316 g/mol. The zero-order chi connectivity index (χ0) is 14.0. The summed E-state index contributed by atoms with van der Waals surface area (Å²) in [4.78, 5) is 23.2. The minimum absolute atomic E-state index is 0.0143. The van der Waals surface area contributed by atoms with Gasteiger partial charge in [0.1, 0.15) is 5.69 Å². The topological polar surface area (TPSA) is 83.7 Å². The smallest absolute Gasteiger partial charge is 0.305 e. The summed E-state index contributed by atoms with van der Waals surface area (Å²) >= 11 is 3.30. The van der Waals surface area contributed by atoms with Crippen molar-refractivity contribution in [1.82, 2.24) is 0 Å². The van der Waals surface area contributed by atoms with Gasteiger partial charge in [-0.2, -0.15) is 0 Å². The molecule has 2 rings (SSSR count). The molecule has 7 heteroatoms. The molecule has 1 N–H and O–H groups in total. The Labute approximate surface area is 118 Å². The van der Waals surface area contributed by atoms with Gasteiger partial charge in [0, 0.05) is 23.1 Å². The van der Waals surface area contributed by atoms with Gasteiger partial charge in [0.25, 0.3) is 5.69 Å². The maximum Gasteiger partial charge on any atom is 0.305 e. The third-order valence-corrected chi connectivity index (χ3v) is 3.49. The van der Waals surface area contributed by atoms with E-state index < -0.39 is 10.9 Å². The van der Waals surface area contributed by atoms with Gasteiger partial charge < -0.3 is 10.0 Å². The van der Waals surface area contributed by atoms with Crippen molar-refractivity contribution in [1.29, 1.82) is 0 Å². The largest absolute Gasteiger partial charge is 0.481 e. The highest BCUT2D eigenvalue weighted by molar-refractivity contribution is 9.10. The third kappa shape index (κ3) is 3.44. The molecule has 0 aliphatic heterocycles. The average Bonchev–Trinajstić information content (AvgIpc) is 3.13. The average molecular weight is 329 g/mol. The number of carboxylic acid groups (broad SMARTS) is 1. The number of anilines is 1. The summed E-state index contributed by atoms with van der Waals surface area (Å²) in [5.74, 6) is -0.900. The predicted molar refractivity (Wildman–Crippen MR) is 73.4 cm³/mol. The van der Waals surface area contributed by atoms with Crippen LogP contribution < -0.4 is 4.90 Å². The van der Waals surface area contributed by atoms with Crippen LogP contribution in [0.1, 0.15) is 19.3 Å². The molecule has 1 aromatic rings. The van der Waals surface area contributed by atoms with E-state index in [1.54, 1.807) is 12.1 Å². The van der Waals surface area contributed by atoms with Gasteiger partial charge in [-0.05, 0) is 25.0 Å². The van der Waals surface area contributed by atoms with E-state index in [2.05, 4.69) is 15.9 Å². The summed E-state index contributed by atoms with van der Waals surface area (Å²) in [5, 5.41) is 19.8. The fraction of sp³-hybridized carbons (Fsp3) is 0.417. The molecule has 0 bridgehead atoms.